The van der Waals surface area contributed by atoms with Gasteiger partial charge in [-0.25, -0.2) is 4.98 Å². The molecule has 0 bridgehead atoms. The number of benzene rings is 1. The van der Waals surface area contributed by atoms with Crippen molar-refractivity contribution in [3.8, 4) is 0 Å². The minimum absolute atomic E-state index is 0.244. The zero-order valence-corrected chi connectivity index (χ0v) is 14.9. The van der Waals surface area contributed by atoms with Crippen LogP contribution in [0.25, 0.3) is 10.2 Å². The molecule has 1 aromatic carbocycles. The van der Waals surface area contributed by atoms with Crippen molar-refractivity contribution in [1.82, 2.24) is 9.88 Å². The second-order valence-corrected chi connectivity index (χ2v) is 8.22. The van der Waals surface area contributed by atoms with Crippen LogP contribution in [0.5, 0.6) is 0 Å². The number of amides is 1. The Balaban J connectivity index is 1.64. The lowest BCUT2D eigenvalue weighted by Gasteiger charge is -2.35. The number of piperidine rings is 1. The Kier molecular flexibility index (Phi) is 5.26. The number of aromatic nitrogens is 1. The smallest absolute Gasteiger partial charge is 0.233 e. The van der Waals surface area contributed by atoms with Crippen LogP contribution in [0.3, 0.4) is 0 Å². The van der Waals surface area contributed by atoms with Gasteiger partial charge in [-0.1, -0.05) is 30.3 Å². The topological polar surface area (TPSA) is 33.2 Å². The van der Waals surface area contributed by atoms with E-state index in [1.807, 2.05) is 18.2 Å². The minimum Gasteiger partial charge on any atom is -0.339 e. The number of hydrogen-bond acceptors (Lipinski definition) is 4. The van der Waals surface area contributed by atoms with E-state index in [9.17, 15) is 4.79 Å². The Morgan fingerprint density at radius 2 is 2.36 bits per heavy atom. The van der Waals surface area contributed by atoms with E-state index in [1.165, 1.54) is 18.2 Å². The number of thiazole rings is 1. The van der Waals surface area contributed by atoms with Gasteiger partial charge in [-0.2, -0.15) is 0 Å². The molecule has 6 heteroatoms. The average Bonchev–Trinajstić information content (AvgIpc) is 2.94. The molecule has 1 atom stereocenters. The van der Waals surface area contributed by atoms with Gasteiger partial charge in [-0.3, -0.25) is 4.79 Å². The Morgan fingerprint density at radius 3 is 3.18 bits per heavy atom. The van der Waals surface area contributed by atoms with E-state index in [-0.39, 0.29) is 5.91 Å². The first-order valence-electron chi connectivity index (χ1n) is 7.65. The average molecular weight is 355 g/mol. The van der Waals surface area contributed by atoms with Gasteiger partial charge in [-0.15, -0.1) is 11.3 Å². The number of thioether (sulfide) groups is 1. The summed E-state index contributed by atoms with van der Waals surface area (Å²) in [7, 11) is 0. The molecule has 1 aromatic heterocycles. The third kappa shape index (κ3) is 3.58. The molecule has 2 heterocycles. The first-order valence-corrected chi connectivity index (χ1v) is 9.83. The van der Waals surface area contributed by atoms with Crippen LogP contribution >= 0.6 is 34.7 Å². The van der Waals surface area contributed by atoms with Crippen molar-refractivity contribution >= 4 is 50.8 Å². The summed E-state index contributed by atoms with van der Waals surface area (Å²) < 4.78 is 2.06. The lowest BCUT2D eigenvalue weighted by Crippen LogP contribution is -2.44. The van der Waals surface area contributed by atoms with Crippen LogP contribution in [0.4, 0.5) is 0 Å². The number of hydrogen-bond donors (Lipinski definition) is 0. The SMILES string of the molecule is CC[C@H]1CCCCN1C(=O)CSc1nc2cc(Cl)ccc2s1. The maximum absolute atomic E-state index is 12.5. The van der Waals surface area contributed by atoms with Gasteiger partial charge < -0.3 is 4.90 Å². The first kappa shape index (κ1) is 16.1. The maximum atomic E-state index is 12.5. The lowest BCUT2D eigenvalue weighted by atomic mass is 10.0. The van der Waals surface area contributed by atoms with Gasteiger partial charge in [0.15, 0.2) is 4.34 Å². The molecule has 3 rings (SSSR count). The Hall–Kier alpha value is -0.780. The number of carbonyl (C=O) groups excluding carboxylic acids is 1. The summed E-state index contributed by atoms with van der Waals surface area (Å²) in [4.78, 5) is 19.1. The van der Waals surface area contributed by atoms with Crippen molar-refractivity contribution in [2.24, 2.45) is 0 Å². The van der Waals surface area contributed by atoms with Gasteiger partial charge >= 0.3 is 0 Å². The fraction of sp³-hybridized carbons (Fsp3) is 0.500. The van der Waals surface area contributed by atoms with Crippen molar-refractivity contribution in [2.45, 2.75) is 43.0 Å². The molecule has 22 heavy (non-hydrogen) atoms. The van der Waals surface area contributed by atoms with Crippen LogP contribution in [0, 0.1) is 0 Å². The van der Waals surface area contributed by atoms with Gasteiger partial charge in [0.2, 0.25) is 5.91 Å². The molecule has 0 saturated carbocycles. The van der Waals surface area contributed by atoms with Crippen LogP contribution in [-0.2, 0) is 4.79 Å². The number of nitrogens with zero attached hydrogens (tertiary/aromatic N) is 2. The Labute approximate surface area is 144 Å². The molecule has 0 radical (unpaired) electrons. The molecule has 1 aliphatic heterocycles. The van der Waals surface area contributed by atoms with Gasteiger partial charge in [0.1, 0.15) is 0 Å². The highest BCUT2D eigenvalue weighted by molar-refractivity contribution is 8.01. The maximum Gasteiger partial charge on any atom is 0.233 e. The fourth-order valence-electron chi connectivity index (χ4n) is 2.90. The quantitative estimate of drug-likeness (QED) is 0.737. The molecule has 2 aromatic rings. The molecule has 1 amide bonds. The van der Waals surface area contributed by atoms with E-state index >= 15 is 0 Å². The summed E-state index contributed by atoms with van der Waals surface area (Å²) >= 11 is 9.15. The third-order valence-electron chi connectivity index (χ3n) is 4.07. The van der Waals surface area contributed by atoms with E-state index in [1.54, 1.807) is 11.3 Å². The third-order valence-corrected chi connectivity index (χ3v) is 6.47. The van der Waals surface area contributed by atoms with E-state index in [0.29, 0.717) is 16.8 Å². The number of halogens is 1. The Morgan fingerprint density at radius 1 is 1.50 bits per heavy atom. The van der Waals surface area contributed by atoms with Crippen LogP contribution < -0.4 is 0 Å². The number of likely N-dealkylation sites (tertiary alicyclic amines) is 1. The van der Waals surface area contributed by atoms with Crippen LogP contribution in [0.15, 0.2) is 22.5 Å². The molecule has 3 nitrogen and oxygen atoms in total. The zero-order valence-electron chi connectivity index (χ0n) is 12.5. The summed E-state index contributed by atoms with van der Waals surface area (Å²) in [5.74, 6) is 0.721. The number of rotatable bonds is 4. The predicted molar refractivity (Wildman–Crippen MR) is 95.0 cm³/mol. The Bertz CT molecular complexity index is 673. The van der Waals surface area contributed by atoms with Gasteiger partial charge in [0.05, 0.1) is 16.0 Å². The standard InChI is InChI=1S/C16H19ClN2OS2/c1-2-12-5-3-4-8-19(12)15(20)10-21-16-18-13-9-11(17)6-7-14(13)22-16/h6-7,9,12H,2-5,8,10H2,1H3/t12-/m0/s1. The van der Waals surface area contributed by atoms with E-state index in [2.05, 4.69) is 16.8 Å². The molecule has 0 N–H and O–H groups in total. The molecule has 0 unspecified atom stereocenters. The molecule has 0 spiro atoms. The molecular weight excluding hydrogens is 336 g/mol. The van der Waals surface area contributed by atoms with Crippen molar-refractivity contribution in [1.29, 1.82) is 0 Å². The minimum atomic E-state index is 0.244. The van der Waals surface area contributed by atoms with Crippen molar-refractivity contribution < 1.29 is 4.79 Å². The normalized spacial score (nSPS) is 18.8. The highest BCUT2D eigenvalue weighted by atomic mass is 35.5. The zero-order chi connectivity index (χ0) is 15.5. The number of carbonyl (C=O) groups is 1. The van der Waals surface area contributed by atoms with E-state index < -0.39 is 0 Å². The van der Waals surface area contributed by atoms with Crippen molar-refractivity contribution in [3.05, 3.63) is 23.2 Å². The van der Waals surface area contributed by atoms with Crippen LogP contribution in [-0.4, -0.2) is 34.1 Å². The van der Waals surface area contributed by atoms with Gasteiger partial charge in [0, 0.05) is 17.6 Å². The van der Waals surface area contributed by atoms with E-state index in [4.69, 9.17) is 11.6 Å². The summed E-state index contributed by atoms with van der Waals surface area (Å²) in [6, 6.07) is 6.16. The van der Waals surface area contributed by atoms with Crippen molar-refractivity contribution in [3.63, 3.8) is 0 Å². The predicted octanol–water partition coefficient (Wildman–Crippen LogP) is 4.83. The van der Waals surface area contributed by atoms with Crippen LogP contribution in [0.1, 0.15) is 32.6 Å². The van der Waals surface area contributed by atoms with Gasteiger partial charge in [0.25, 0.3) is 0 Å². The second kappa shape index (κ2) is 7.20. The van der Waals surface area contributed by atoms with Crippen LogP contribution in [0.2, 0.25) is 5.02 Å². The number of fused-ring (bicyclic) bond motifs is 1. The highest BCUT2D eigenvalue weighted by Gasteiger charge is 2.25. The molecule has 118 valence electrons. The van der Waals surface area contributed by atoms with Gasteiger partial charge in [-0.05, 0) is 43.9 Å². The first-order chi connectivity index (χ1) is 10.7. The highest BCUT2D eigenvalue weighted by Crippen LogP contribution is 2.31. The second-order valence-electron chi connectivity index (χ2n) is 5.53. The molecular formula is C16H19ClN2OS2. The molecule has 1 fully saturated rings. The summed E-state index contributed by atoms with van der Waals surface area (Å²) in [5.41, 5.74) is 0.914. The fourth-order valence-corrected chi connectivity index (χ4v) is 5.00. The largest absolute Gasteiger partial charge is 0.339 e. The lowest BCUT2D eigenvalue weighted by molar-refractivity contribution is -0.132. The molecule has 1 saturated heterocycles. The monoisotopic (exact) mass is 354 g/mol. The summed E-state index contributed by atoms with van der Waals surface area (Å²) in [6.45, 7) is 3.08. The molecule has 0 aliphatic carbocycles. The summed E-state index contributed by atoms with van der Waals surface area (Å²) in [5, 5.41) is 0.699. The van der Waals surface area contributed by atoms with Crippen molar-refractivity contribution in [2.75, 3.05) is 12.3 Å². The summed E-state index contributed by atoms with van der Waals surface area (Å²) in [6.07, 6.45) is 4.57. The van der Waals surface area contributed by atoms with E-state index in [0.717, 1.165) is 40.4 Å². The molecule has 1 aliphatic rings.